The van der Waals surface area contributed by atoms with E-state index in [4.69, 9.17) is 4.98 Å². The molecule has 0 radical (unpaired) electrons. The molecule has 0 bridgehead atoms. The number of para-hydroxylation sites is 1. The summed E-state index contributed by atoms with van der Waals surface area (Å²) in [4.78, 5) is 22.1. The molecule has 0 aliphatic carbocycles. The minimum absolute atomic E-state index is 0.0111. The Morgan fingerprint density at radius 2 is 1.71 bits per heavy atom. The minimum Gasteiger partial charge on any atom is -0.508 e. The van der Waals surface area contributed by atoms with Crippen molar-refractivity contribution in [2.45, 2.75) is 19.4 Å². The van der Waals surface area contributed by atoms with Crippen LogP contribution in [-0.4, -0.2) is 53.1 Å². The highest BCUT2D eigenvalue weighted by Gasteiger charge is 2.25. The maximum absolute atomic E-state index is 12.9. The highest BCUT2D eigenvalue weighted by molar-refractivity contribution is 7.18. The second kappa shape index (κ2) is 9.83. The number of benzene rings is 3. The number of phenols is 1. The zero-order valence-corrected chi connectivity index (χ0v) is 20.0. The first-order chi connectivity index (χ1) is 16.5. The van der Waals surface area contributed by atoms with Crippen LogP contribution in [0.25, 0.3) is 10.2 Å². The maximum Gasteiger partial charge on any atom is 0.241 e. The van der Waals surface area contributed by atoms with Gasteiger partial charge in [-0.1, -0.05) is 24.3 Å². The van der Waals surface area contributed by atoms with Crippen LogP contribution in [0.3, 0.4) is 0 Å². The van der Waals surface area contributed by atoms with Gasteiger partial charge < -0.3 is 15.3 Å². The van der Waals surface area contributed by atoms with Gasteiger partial charge in [-0.15, -0.1) is 11.3 Å². The summed E-state index contributed by atoms with van der Waals surface area (Å²) >= 11 is 1.73. The SMILES string of the molecule is CC(C(=O)Nc1ccc(Cc2nc3ccccc3s2)cc1)N1CCN(c2ccc(O)cc2)CC1. The molecule has 174 valence electrons. The lowest BCUT2D eigenvalue weighted by atomic mass is 10.1. The normalized spacial score (nSPS) is 15.4. The fraction of sp³-hybridized carbons (Fsp3) is 0.259. The van der Waals surface area contributed by atoms with Crippen LogP contribution in [0.1, 0.15) is 17.5 Å². The van der Waals surface area contributed by atoms with Gasteiger partial charge in [0.25, 0.3) is 0 Å². The summed E-state index contributed by atoms with van der Waals surface area (Å²) in [6.45, 7) is 5.30. The molecule has 1 aliphatic heterocycles. The Labute approximate surface area is 203 Å². The van der Waals surface area contributed by atoms with E-state index in [0.717, 1.165) is 54.5 Å². The number of aromatic hydroxyl groups is 1. The standard InChI is InChI=1S/C27H28N4O2S/c1-19(30-14-16-31(17-15-30)22-10-12-23(32)13-11-22)27(33)28-21-8-6-20(7-9-21)18-26-29-24-4-2-3-5-25(24)34-26/h2-13,19,32H,14-18H2,1H3,(H,28,33). The number of hydrogen-bond acceptors (Lipinski definition) is 6. The molecule has 0 saturated carbocycles. The Morgan fingerprint density at radius 1 is 1.00 bits per heavy atom. The number of anilines is 2. The van der Waals surface area contributed by atoms with Crippen LogP contribution in [0, 0.1) is 0 Å². The molecule has 34 heavy (non-hydrogen) atoms. The molecule has 2 N–H and O–H groups in total. The Balaban J connectivity index is 1.14. The lowest BCUT2D eigenvalue weighted by Crippen LogP contribution is -2.52. The molecular weight excluding hydrogens is 444 g/mol. The van der Waals surface area contributed by atoms with Crippen molar-refractivity contribution in [1.82, 2.24) is 9.88 Å². The van der Waals surface area contributed by atoms with Crippen molar-refractivity contribution in [1.29, 1.82) is 0 Å². The summed E-state index contributed by atoms with van der Waals surface area (Å²) < 4.78 is 1.21. The zero-order chi connectivity index (χ0) is 23.5. The van der Waals surface area contributed by atoms with Crippen molar-refractivity contribution >= 4 is 38.8 Å². The lowest BCUT2D eigenvalue weighted by molar-refractivity contribution is -0.120. The van der Waals surface area contributed by atoms with Crippen LogP contribution >= 0.6 is 11.3 Å². The molecule has 1 aliphatic rings. The van der Waals surface area contributed by atoms with Gasteiger partial charge in [0.1, 0.15) is 5.75 Å². The summed E-state index contributed by atoms with van der Waals surface area (Å²) in [5, 5.41) is 13.6. The number of thiazole rings is 1. The Bertz CT molecular complexity index is 1230. The molecule has 5 rings (SSSR count). The van der Waals surface area contributed by atoms with Crippen LogP contribution in [0.2, 0.25) is 0 Å². The third-order valence-corrected chi connectivity index (χ3v) is 7.41. The molecule has 1 saturated heterocycles. The predicted octanol–water partition coefficient (Wildman–Crippen LogP) is 4.74. The van der Waals surface area contributed by atoms with Gasteiger partial charge in [0.05, 0.1) is 21.3 Å². The predicted molar refractivity (Wildman–Crippen MR) is 139 cm³/mol. The molecule has 1 aromatic heterocycles. The van der Waals surface area contributed by atoms with Crippen molar-refractivity contribution in [2.24, 2.45) is 0 Å². The number of aromatic nitrogens is 1. The highest BCUT2D eigenvalue weighted by atomic mass is 32.1. The van der Waals surface area contributed by atoms with Crippen molar-refractivity contribution in [3.63, 3.8) is 0 Å². The molecule has 1 fully saturated rings. The first-order valence-corrected chi connectivity index (χ1v) is 12.4. The van der Waals surface area contributed by atoms with Crippen LogP contribution in [0.15, 0.2) is 72.8 Å². The number of rotatable bonds is 6. The smallest absolute Gasteiger partial charge is 0.241 e. The first kappa shape index (κ1) is 22.4. The Kier molecular flexibility index (Phi) is 6.47. The number of phenolic OH excluding ortho intramolecular Hbond substituents is 1. The lowest BCUT2D eigenvalue weighted by Gasteiger charge is -2.38. The van der Waals surface area contributed by atoms with Crippen LogP contribution in [0.4, 0.5) is 11.4 Å². The van der Waals surface area contributed by atoms with Crippen molar-refractivity contribution in [2.75, 3.05) is 36.4 Å². The van der Waals surface area contributed by atoms with Crippen LogP contribution in [-0.2, 0) is 11.2 Å². The largest absolute Gasteiger partial charge is 0.508 e. The topological polar surface area (TPSA) is 68.7 Å². The molecule has 1 amide bonds. The van der Waals surface area contributed by atoms with Crippen molar-refractivity contribution in [3.05, 3.63) is 83.4 Å². The van der Waals surface area contributed by atoms with E-state index in [1.807, 2.05) is 49.4 Å². The van der Waals surface area contributed by atoms with E-state index < -0.39 is 0 Å². The molecule has 6 nitrogen and oxygen atoms in total. The number of nitrogens with zero attached hydrogens (tertiary/aromatic N) is 3. The Hall–Kier alpha value is -3.42. The molecule has 1 atom stereocenters. The second-order valence-electron chi connectivity index (χ2n) is 8.65. The molecule has 0 spiro atoms. The number of piperazine rings is 1. The van der Waals surface area contributed by atoms with Gasteiger partial charge >= 0.3 is 0 Å². The number of nitrogens with one attached hydrogen (secondary N) is 1. The molecular formula is C27H28N4O2S. The van der Waals surface area contributed by atoms with Gasteiger partial charge in [0.15, 0.2) is 0 Å². The van der Waals surface area contributed by atoms with Crippen LogP contribution in [0.5, 0.6) is 5.75 Å². The number of hydrogen-bond donors (Lipinski definition) is 2. The second-order valence-corrected chi connectivity index (χ2v) is 9.77. The zero-order valence-electron chi connectivity index (χ0n) is 19.1. The number of amides is 1. The van der Waals surface area contributed by atoms with Crippen molar-refractivity contribution < 1.29 is 9.90 Å². The van der Waals surface area contributed by atoms with Gasteiger partial charge in [-0.3, -0.25) is 9.69 Å². The van der Waals surface area contributed by atoms with E-state index in [9.17, 15) is 9.90 Å². The van der Waals surface area contributed by atoms with E-state index >= 15 is 0 Å². The summed E-state index contributed by atoms with van der Waals surface area (Å²) in [7, 11) is 0. The average molecular weight is 473 g/mol. The Morgan fingerprint density at radius 3 is 2.41 bits per heavy atom. The molecule has 4 aromatic rings. The average Bonchev–Trinajstić information content (AvgIpc) is 3.28. The summed E-state index contributed by atoms with van der Waals surface area (Å²) in [6.07, 6.45) is 0.787. The number of carbonyl (C=O) groups excluding carboxylic acids is 1. The summed E-state index contributed by atoms with van der Waals surface area (Å²) in [5.41, 5.74) is 4.13. The third kappa shape index (κ3) is 5.05. The van der Waals surface area contributed by atoms with E-state index in [2.05, 4.69) is 33.3 Å². The molecule has 2 heterocycles. The number of carbonyl (C=O) groups is 1. The van der Waals surface area contributed by atoms with Crippen molar-refractivity contribution in [3.8, 4) is 5.75 Å². The maximum atomic E-state index is 12.9. The number of fused-ring (bicyclic) bond motifs is 1. The quantitative estimate of drug-likeness (QED) is 0.424. The third-order valence-electron chi connectivity index (χ3n) is 6.37. The summed E-state index contributed by atoms with van der Waals surface area (Å²) in [6, 6.07) is 23.3. The fourth-order valence-electron chi connectivity index (χ4n) is 4.32. The summed E-state index contributed by atoms with van der Waals surface area (Å²) in [5.74, 6) is 0.287. The van der Waals surface area contributed by atoms with Crippen LogP contribution < -0.4 is 10.2 Å². The van der Waals surface area contributed by atoms with Gasteiger partial charge in [-0.25, -0.2) is 4.98 Å². The van der Waals surface area contributed by atoms with E-state index in [0.29, 0.717) is 0 Å². The van der Waals surface area contributed by atoms with E-state index in [-0.39, 0.29) is 17.7 Å². The highest BCUT2D eigenvalue weighted by Crippen LogP contribution is 2.24. The van der Waals surface area contributed by atoms with E-state index in [1.54, 1.807) is 23.5 Å². The van der Waals surface area contributed by atoms with E-state index in [1.165, 1.54) is 10.3 Å². The minimum atomic E-state index is -0.204. The van der Waals surface area contributed by atoms with Gasteiger partial charge in [0, 0.05) is 44.0 Å². The molecule has 7 heteroatoms. The molecule has 1 unspecified atom stereocenters. The van der Waals surface area contributed by atoms with Gasteiger partial charge in [0.2, 0.25) is 5.91 Å². The van der Waals surface area contributed by atoms with Gasteiger partial charge in [-0.05, 0) is 61.0 Å². The molecule has 3 aromatic carbocycles. The van der Waals surface area contributed by atoms with Gasteiger partial charge in [-0.2, -0.15) is 0 Å². The fourth-order valence-corrected chi connectivity index (χ4v) is 5.32. The monoisotopic (exact) mass is 472 g/mol. The first-order valence-electron chi connectivity index (χ1n) is 11.6.